The lowest BCUT2D eigenvalue weighted by molar-refractivity contribution is -0.121. The third kappa shape index (κ3) is 3.25. The molecule has 2 rings (SSSR count). The van der Waals surface area contributed by atoms with Gasteiger partial charge in [0.1, 0.15) is 0 Å². The molecule has 0 atom stereocenters. The molecule has 0 aliphatic carbocycles. The number of aromatic nitrogens is 3. The number of hydrogen-bond donors (Lipinski definition) is 1. The number of carbonyl (C=O) groups is 2. The Morgan fingerprint density at radius 3 is 2.52 bits per heavy atom. The fraction of sp³-hybridized carbons (Fsp3) is 0.286. The van der Waals surface area contributed by atoms with Crippen molar-refractivity contribution < 1.29 is 9.59 Å². The second-order valence-corrected chi connectivity index (χ2v) is 4.59. The summed E-state index contributed by atoms with van der Waals surface area (Å²) in [6.45, 7) is 1.69. The van der Waals surface area contributed by atoms with Crippen LogP contribution in [-0.2, 0) is 4.79 Å². The molecular weight excluding hydrogens is 270 g/mol. The van der Waals surface area contributed by atoms with Gasteiger partial charge >= 0.3 is 0 Å². The van der Waals surface area contributed by atoms with Gasteiger partial charge in [0.2, 0.25) is 5.91 Å². The van der Waals surface area contributed by atoms with Gasteiger partial charge < -0.3 is 10.2 Å². The molecule has 0 aliphatic rings. The molecule has 1 N–H and O–H groups in total. The Kier molecular flexibility index (Phi) is 4.32. The Hall–Kier alpha value is -2.70. The molecule has 1 aromatic carbocycles. The summed E-state index contributed by atoms with van der Waals surface area (Å²) >= 11 is 0. The predicted octanol–water partition coefficient (Wildman–Crippen LogP) is 0.394. The van der Waals surface area contributed by atoms with Crippen molar-refractivity contribution in [1.82, 2.24) is 25.2 Å². The molecule has 0 saturated carbocycles. The first-order valence-electron chi connectivity index (χ1n) is 6.48. The van der Waals surface area contributed by atoms with Crippen LogP contribution in [0.15, 0.2) is 30.3 Å². The zero-order chi connectivity index (χ0) is 15.4. The number of nitrogens with zero attached hydrogens (tertiary/aromatic N) is 4. The summed E-state index contributed by atoms with van der Waals surface area (Å²) in [4.78, 5) is 26.3. The molecule has 110 valence electrons. The normalized spacial score (nSPS) is 10.2. The minimum absolute atomic E-state index is 0.0209. The van der Waals surface area contributed by atoms with Crippen molar-refractivity contribution in [3.05, 3.63) is 41.7 Å². The Morgan fingerprint density at radius 1 is 1.24 bits per heavy atom. The van der Waals surface area contributed by atoms with E-state index < -0.39 is 0 Å². The predicted molar refractivity (Wildman–Crippen MR) is 77.1 cm³/mol. The first-order chi connectivity index (χ1) is 10.0. The molecule has 2 amide bonds. The Bertz CT molecular complexity index is 651. The maximum absolute atomic E-state index is 12.3. The summed E-state index contributed by atoms with van der Waals surface area (Å²) < 4.78 is 0. The van der Waals surface area contributed by atoms with Gasteiger partial charge in [-0.2, -0.15) is 9.90 Å². The number of likely N-dealkylation sites (N-methyl/N-ethyl adjacent to an activating group) is 2. The third-order valence-electron chi connectivity index (χ3n) is 2.98. The van der Waals surface area contributed by atoms with Gasteiger partial charge in [0.15, 0.2) is 5.69 Å². The van der Waals surface area contributed by atoms with Crippen molar-refractivity contribution in [2.24, 2.45) is 0 Å². The number of amides is 2. The van der Waals surface area contributed by atoms with Crippen LogP contribution in [0, 0.1) is 6.92 Å². The standard InChI is InChI=1S/C14H17N5O2/c1-10-13(14(21)18(3)9-12(20)15-2)17-19(16-10)11-7-5-4-6-8-11/h4-8H,9H2,1-3H3,(H,15,20). The molecule has 0 spiro atoms. The Labute approximate surface area is 122 Å². The van der Waals surface area contributed by atoms with Gasteiger partial charge in [-0.25, -0.2) is 0 Å². The maximum atomic E-state index is 12.3. The van der Waals surface area contributed by atoms with Crippen LogP contribution in [0.3, 0.4) is 0 Å². The molecule has 1 aromatic heterocycles. The summed E-state index contributed by atoms with van der Waals surface area (Å²) in [7, 11) is 3.08. The molecule has 7 heteroatoms. The van der Waals surface area contributed by atoms with E-state index in [-0.39, 0.29) is 24.1 Å². The number of aryl methyl sites for hydroxylation is 1. The van der Waals surface area contributed by atoms with Crippen molar-refractivity contribution in [2.45, 2.75) is 6.92 Å². The molecule has 0 aliphatic heterocycles. The van der Waals surface area contributed by atoms with Crippen molar-refractivity contribution in [3.8, 4) is 5.69 Å². The van der Waals surface area contributed by atoms with E-state index in [9.17, 15) is 9.59 Å². The van der Waals surface area contributed by atoms with Crippen molar-refractivity contribution >= 4 is 11.8 Å². The largest absolute Gasteiger partial charge is 0.358 e. The van der Waals surface area contributed by atoms with E-state index in [1.807, 2.05) is 30.3 Å². The van der Waals surface area contributed by atoms with Crippen LogP contribution in [0.1, 0.15) is 16.2 Å². The average Bonchev–Trinajstić information content (AvgIpc) is 2.89. The van der Waals surface area contributed by atoms with Gasteiger partial charge in [0.05, 0.1) is 17.9 Å². The average molecular weight is 287 g/mol. The highest BCUT2D eigenvalue weighted by Gasteiger charge is 2.21. The second kappa shape index (κ2) is 6.17. The SMILES string of the molecule is CNC(=O)CN(C)C(=O)c1nn(-c2ccccc2)nc1C. The fourth-order valence-corrected chi connectivity index (χ4v) is 1.80. The molecule has 1 heterocycles. The Balaban J connectivity index is 2.23. The van der Waals surface area contributed by atoms with E-state index in [1.165, 1.54) is 16.7 Å². The zero-order valence-corrected chi connectivity index (χ0v) is 12.2. The highest BCUT2D eigenvalue weighted by atomic mass is 16.2. The smallest absolute Gasteiger partial charge is 0.276 e. The van der Waals surface area contributed by atoms with Gasteiger partial charge in [-0.3, -0.25) is 9.59 Å². The maximum Gasteiger partial charge on any atom is 0.276 e. The summed E-state index contributed by atoms with van der Waals surface area (Å²) in [5.74, 6) is -0.572. The topological polar surface area (TPSA) is 80.1 Å². The molecule has 0 radical (unpaired) electrons. The van der Waals surface area contributed by atoms with E-state index in [2.05, 4.69) is 15.5 Å². The quantitative estimate of drug-likeness (QED) is 0.882. The number of rotatable bonds is 4. The van der Waals surface area contributed by atoms with Crippen molar-refractivity contribution in [1.29, 1.82) is 0 Å². The molecule has 0 unspecified atom stereocenters. The number of para-hydroxylation sites is 1. The van der Waals surface area contributed by atoms with Crippen LogP contribution in [0.25, 0.3) is 5.69 Å². The van der Waals surface area contributed by atoms with Gasteiger partial charge in [-0.1, -0.05) is 18.2 Å². The fourth-order valence-electron chi connectivity index (χ4n) is 1.80. The Morgan fingerprint density at radius 2 is 1.90 bits per heavy atom. The molecule has 0 saturated heterocycles. The lowest BCUT2D eigenvalue weighted by atomic mass is 10.3. The zero-order valence-electron chi connectivity index (χ0n) is 12.2. The first kappa shape index (κ1) is 14.7. The van der Waals surface area contributed by atoms with E-state index in [0.717, 1.165) is 5.69 Å². The van der Waals surface area contributed by atoms with Gasteiger partial charge in [0, 0.05) is 14.1 Å². The minimum Gasteiger partial charge on any atom is -0.358 e. The van der Waals surface area contributed by atoms with Crippen molar-refractivity contribution in [2.75, 3.05) is 20.6 Å². The van der Waals surface area contributed by atoms with Gasteiger partial charge in [-0.15, -0.1) is 5.10 Å². The second-order valence-electron chi connectivity index (χ2n) is 4.59. The monoisotopic (exact) mass is 287 g/mol. The van der Waals surface area contributed by atoms with E-state index in [4.69, 9.17) is 0 Å². The number of carbonyl (C=O) groups excluding carboxylic acids is 2. The summed E-state index contributed by atoms with van der Waals surface area (Å²) in [6.07, 6.45) is 0. The molecule has 0 fully saturated rings. The van der Waals surface area contributed by atoms with Crippen LogP contribution >= 0.6 is 0 Å². The lowest BCUT2D eigenvalue weighted by Crippen LogP contribution is -2.37. The van der Waals surface area contributed by atoms with E-state index >= 15 is 0 Å². The van der Waals surface area contributed by atoms with Crippen LogP contribution in [0.5, 0.6) is 0 Å². The van der Waals surface area contributed by atoms with Crippen LogP contribution in [0.4, 0.5) is 0 Å². The molecule has 0 bridgehead atoms. The highest BCUT2D eigenvalue weighted by molar-refractivity contribution is 5.95. The number of hydrogen-bond acceptors (Lipinski definition) is 4. The summed E-state index contributed by atoms with van der Waals surface area (Å²) in [5, 5.41) is 10.9. The lowest BCUT2D eigenvalue weighted by Gasteiger charge is -2.14. The summed E-state index contributed by atoms with van der Waals surface area (Å²) in [6, 6.07) is 9.33. The molecule has 21 heavy (non-hydrogen) atoms. The molecule has 7 nitrogen and oxygen atoms in total. The van der Waals surface area contributed by atoms with Crippen LogP contribution < -0.4 is 5.32 Å². The van der Waals surface area contributed by atoms with Crippen LogP contribution in [0.2, 0.25) is 0 Å². The van der Waals surface area contributed by atoms with Crippen molar-refractivity contribution in [3.63, 3.8) is 0 Å². The third-order valence-corrected chi connectivity index (χ3v) is 2.98. The highest BCUT2D eigenvalue weighted by Crippen LogP contribution is 2.09. The first-order valence-corrected chi connectivity index (χ1v) is 6.48. The molecule has 2 aromatic rings. The van der Waals surface area contributed by atoms with Gasteiger partial charge in [0.25, 0.3) is 5.91 Å². The van der Waals surface area contributed by atoms with E-state index in [0.29, 0.717) is 5.69 Å². The number of benzene rings is 1. The van der Waals surface area contributed by atoms with Crippen LogP contribution in [-0.4, -0.2) is 52.3 Å². The van der Waals surface area contributed by atoms with Gasteiger partial charge in [-0.05, 0) is 19.1 Å². The summed E-state index contributed by atoms with van der Waals surface area (Å²) in [5.41, 5.74) is 1.53. The number of nitrogens with one attached hydrogen (secondary N) is 1. The molecular formula is C14H17N5O2. The van der Waals surface area contributed by atoms with E-state index in [1.54, 1.807) is 14.0 Å². The minimum atomic E-state index is -0.335.